The van der Waals surface area contributed by atoms with E-state index in [1.165, 1.54) is 4.90 Å². The van der Waals surface area contributed by atoms with Crippen LogP contribution in [-0.2, 0) is 14.6 Å². The van der Waals surface area contributed by atoms with Crippen LogP contribution >= 0.6 is 11.6 Å². The summed E-state index contributed by atoms with van der Waals surface area (Å²) in [5.41, 5.74) is 0. The second-order valence-electron chi connectivity index (χ2n) is 5.02. The minimum atomic E-state index is -3.20. The minimum Gasteiger partial charge on any atom is -0.484 e. The van der Waals surface area contributed by atoms with Gasteiger partial charge in [0.2, 0.25) is 0 Å². The van der Waals surface area contributed by atoms with Gasteiger partial charge in [-0.3, -0.25) is 4.79 Å². The van der Waals surface area contributed by atoms with Gasteiger partial charge in [0, 0.05) is 24.4 Å². The van der Waals surface area contributed by atoms with Crippen LogP contribution in [0.3, 0.4) is 0 Å². The first-order valence-electron chi connectivity index (χ1n) is 6.46. The second-order valence-corrected chi connectivity index (χ2v) is 7.86. The highest BCUT2D eigenvalue weighted by Gasteiger charge is 2.28. The molecule has 0 N–H and O–H groups in total. The molecule has 0 heterocycles. The molecule has 0 spiro atoms. The molecule has 0 aromatic heterocycles. The van der Waals surface area contributed by atoms with Crippen LogP contribution in [0.15, 0.2) is 24.3 Å². The van der Waals surface area contributed by atoms with Gasteiger partial charge in [0.1, 0.15) is 5.75 Å². The van der Waals surface area contributed by atoms with Crippen LogP contribution in [0.2, 0.25) is 5.02 Å². The topological polar surface area (TPSA) is 63.7 Å². The monoisotopic (exact) mass is 333 g/mol. The smallest absolute Gasteiger partial charge is 0.260 e. The molecule has 0 aliphatic heterocycles. The molecule has 1 aromatic carbocycles. The maximum Gasteiger partial charge on any atom is 0.260 e. The maximum absolute atomic E-state index is 12.0. The van der Waals surface area contributed by atoms with E-state index >= 15 is 0 Å². The van der Waals surface area contributed by atoms with Crippen molar-refractivity contribution in [3.05, 3.63) is 29.3 Å². The first kappa shape index (κ1) is 17.8. The zero-order valence-corrected chi connectivity index (χ0v) is 14.1. The lowest BCUT2D eigenvalue weighted by Gasteiger charge is -2.28. The molecule has 7 heteroatoms. The van der Waals surface area contributed by atoms with Crippen LogP contribution in [0.25, 0.3) is 0 Å². The molecule has 2 atom stereocenters. The molecule has 2 unspecified atom stereocenters. The number of carbonyl (C=O) groups is 1. The van der Waals surface area contributed by atoms with Gasteiger partial charge in [-0.1, -0.05) is 11.6 Å². The van der Waals surface area contributed by atoms with E-state index in [4.69, 9.17) is 16.3 Å². The first-order chi connectivity index (χ1) is 9.62. The number of amides is 1. The molecule has 0 saturated heterocycles. The minimum absolute atomic E-state index is 0.154. The van der Waals surface area contributed by atoms with Crippen molar-refractivity contribution in [1.82, 2.24) is 4.90 Å². The Bertz CT molecular complexity index is 585. The molecular weight excluding hydrogens is 314 g/mol. The average Bonchev–Trinajstić information content (AvgIpc) is 2.43. The molecule has 1 aromatic rings. The molecule has 0 fully saturated rings. The summed E-state index contributed by atoms with van der Waals surface area (Å²) >= 11 is 5.76. The standard InChI is InChI=1S/C14H20ClNO4S/c1-10(11(2)21(4,18)19)16(3)14(17)9-20-13-7-5-12(15)6-8-13/h5-8,10-11H,9H2,1-4H3. The quantitative estimate of drug-likeness (QED) is 0.798. The highest BCUT2D eigenvalue weighted by Crippen LogP contribution is 2.16. The number of ether oxygens (including phenoxy) is 1. The Kier molecular flexibility index (Phi) is 6.04. The lowest BCUT2D eigenvalue weighted by Crippen LogP contribution is -2.46. The van der Waals surface area contributed by atoms with Crippen LogP contribution in [0.5, 0.6) is 5.75 Å². The Morgan fingerprint density at radius 2 is 1.81 bits per heavy atom. The predicted octanol–water partition coefficient (Wildman–Crippen LogP) is 2.00. The molecule has 0 radical (unpaired) electrons. The second kappa shape index (κ2) is 7.13. The number of carbonyl (C=O) groups excluding carboxylic acids is 1. The van der Waals surface area contributed by atoms with Gasteiger partial charge < -0.3 is 9.64 Å². The van der Waals surface area contributed by atoms with Crippen molar-refractivity contribution in [3.63, 3.8) is 0 Å². The molecule has 0 bridgehead atoms. The summed E-state index contributed by atoms with van der Waals surface area (Å²) in [6.07, 6.45) is 1.16. The summed E-state index contributed by atoms with van der Waals surface area (Å²) < 4.78 is 28.4. The van der Waals surface area contributed by atoms with Crippen molar-refractivity contribution in [2.75, 3.05) is 19.9 Å². The molecule has 5 nitrogen and oxygen atoms in total. The van der Waals surface area contributed by atoms with E-state index in [-0.39, 0.29) is 12.5 Å². The highest BCUT2D eigenvalue weighted by molar-refractivity contribution is 7.91. The molecule has 1 rings (SSSR count). The Morgan fingerprint density at radius 3 is 2.29 bits per heavy atom. The highest BCUT2D eigenvalue weighted by atomic mass is 35.5. The number of benzene rings is 1. The summed E-state index contributed by atoms with van der Waals surface area (Å²) in [7, 11) is -1.63. The van der Waals surface area contributed by atoms with E-state index in [0.717, 1.165) is 6.26 Å². The van der Waals surface area contributed by atoms with E-state index in [9.17, 15) is 13.2 Å². The molecule has 21 heavy (non-hydrogen) atoms. The number of sulfone groups is 1. The fourth-order valence-corrected chi connectivity index (χ4v) is 2.70. The molecule has 118 valence electrons. The van der Waals surface area contributed by atoms with Crippen molar-refractivity contribution < 1.29 is 17.9 Å². The van der Waals surface area contributed by atoms with Crippen LogP contribution < -0.4 is 4.74 Å². The van der Waals surface area contributed by atoms with Gasteiger partial charge in [0.15, 0.2) is 16.4 Å². The third-order valence-electron chi connectivity index (χ3n) is 3.53. The number of likely N-dealkylation sites (N-methyl/N-ethyl adjacent to an activating group) is 1. The number of hydrogen-bond donors (Lipinski definition) is 0. The van der Waals surface area contributed by atoms with Gasteiger partial charge in [-0.2, -0.15) is 0 Å². The number of rotatable bonds is 6. The molecule has 0 saturated carbocycles. The Morgan fingerprint density at radius 1 is 1.29 bits per heavy atom. The number of hydrogen-bond acceptors (Lipinski definition) is 4. The molecule has 1 amide bonds. The van der Waals surface area contributed by atoms with Crippen molar-refractivity contribution in [2.45, 2.75) is 25.1 Å². The Labute approximate surface area is 130 Å². The Hall–Kier alpha value is -1.27. The van der Waals surface area contributed by atoms with Crippen molar-refractivity contribution >= 4 is 27.3 Å². The van der Waals surface area contributed by atoms with Crippen LogP contribution in [0, 0.1) is 0 Å². The third kappa shape index (κ3) is 5.21. The van der Waals surface area contributed by atoms with Crippen LogP contribution in [-0.4, -0.2) is 50.4 Å². The maximum atomic E-state index is 12.0. The van der Waals surface area contributed by atoms with Gasteiger partial charge in [0.05, 0.1) is 5.25 Å². The zero-order valence-electron chi connectivity index (χ0n) is 12.5. The van der Waals surface area contributed by atoms with Gasteiger partial charge in [0.25, 0.3) is 5.91 Å². The summed E-state index contributed by atoms with van der Waals surface area (Å²) in [6.45, 7) is 3.13. The number of halogens is 1. The fraction of sp³-hybridized carbons (Fsp3) is 0.500. The summed E-state index contributed by atoms with van der Waals surface area (Å²) in [5, 5.41) is -0.0524. The van der Waals surface area contributed by atoms with Gasteiger partial charge in [-0.05, 0) is 38.1 Å². The predicted molar refractivity (Wildman–Crippen MR) is 83.5 cm³/mol. The SMILES string of the molecule is CC(C(C)S(C)(=O)=O)N(C)C(=O)COc1ccc(Cl)cc1. The fourth-order valence-electron chi connectivity index (χ4n) is 1.68. The molecule has 0 aliphatic rings. The van der Waals surface area contributed by atoms with E-state index in [1.54, 1.807) is 45.2 Å². The summed E-state index contributed by atoms with van der Waals surface area (Å²) in [5.74, 6) is 0.248. The molecular formula is C14H20ClNO4S. The van der Waals surface area contributed by atoms with Crippen LogP contribution in [0.4, 0.5) is 0 Å². The van der Waals surface area contributed by atoms with Crippen LogP contribution in [0.1, 0.15) is 13.8 Å². The van der Waals surface area contributed by atoms with Crippen molar-refractivity contribution in [2.24, 2.45) is 0 Å². The lowest BCUT2D eigenvalue weighted by molar-refractivity contribution is -0.133. The van der Waals surface area contributed by atoms with E-state index in [2.05, 4.69) is 0 Å². The lowest BCUT2D eigenvalue weighted by atomic mass is 10.2. The van der Waals surface area contributed by atoms with Gasteiger partial charge in [-0.25, -0.2) is 8.42 Å². The Balaban J connectivity index is 2.60. The molecule has 0 aliphatic carbocycles. The largest absolute Gasteiger partial charge is 0.484 e. The summed E-state index contributed by atoms with van der Waals surface area (Å²) in [4.78, 5) is 13.4. The van der Waals surface area contributed by atoms with Crippen molar-refractivity contribution in [1.29, 1.82) is 0 Å². The first-order valence-corrected chi connectivity index (χ1v) is 8.79. The van der Waals surface area contributed by atoms with Gasteiger partial charge >= 0.3 is 0 Å². The summed E-state index contributed by atoms with van der Waals surface area (Å²) in [6, 6.07) is 6.23. The van der Waals surface area contributed by atoms with Crippen molar-refractivity contribution in [3.8, 4) is 5.75 Å². The van der Waals surface area contributed by atoms with E-state index < -0.39 is 21.1 Å². The number of nitrogens with zero attached hydrogens (tertiary/aromatic N) is 1. The third-order valence-corrected chi connectivity index (χ3v) is 5.53. The van der Waals surface area contributed by atoms with E-state index in [0.29, 0.717) is 10.8 Å². The average molecular weight is 334 g/mol. The van der Waals surface area contributed by atoms with Gasteiger partial charge in [-0.15, -0.1) is 0 Å². The normalized spacial score (nSPS) is 14.3. The zero-order chi connectivity index (χ0) is 16.2. The van der Waals surface area contributed by atoms with E-state index in [1.807, 2.05) is 0 Å².